The molecule has 0 saturated carbocycles. The molecule has 0 spiro atoms. The van der Waals surface area contributed by atoms with Crippen LogP contribution in [0.2, 0.25) is 0 Å². The fourth-order valence-electron chi connectivity index (χ4n) is 1.75. The number of nitrogens with two attached hydrogens (primary N) is 1. The first kappa shape index (κ1) is 13.7. The van der Waals surface area contributed by atoms with E-state index in [0.717, 1.165) is 5.56 Å². The predicted octanol–water partition coefficient (Wildman–Crippen LogP) is 2.13. The number of aryl methyl sites for hydroxylation is 1. The van der Waals surface area contributed by atoms with Gasteiger partial charge >= 0.3 is 0 Å². The second-order valence-corrected chi connectivity index (χ2v) is 4.53. The first-order valence-electron chi connectivity index (χ1n) is 6.14. The van der Waals surface area contributed by atoms with Crippen LogP contribution in [0.3, 0.4) is 0 Å². The summed E-state index contributed by atoms with van der Waals surface area (Å²) in [6.45, 7) is 6.46. The Morgan fingerprint density at radius 3 is 2.53 bits per heavy atom. The molecule has 0 unspecified atom stereocenters. The van der Waals surface area contributed by atoms with Crippen LogP contribution < -0.4 is 11.1 Å². The zero-order valence-corrected chi connectivity index (χ0v) is 10.9. The van der Waals surface area contributed by atoms with Gasteiger partial charge in [0.15, 0.2) is 0 Å². The molecule has 1 amide bonds. The van der Waals surface area contributed by atoms with Crippen LogP contribution in [0.15, 0.2) is 24.3 Å². The second-order valence-electron chi connectivity index (χ2n) is 4.53. The minimum absolute atomic E-state index is 0.0657. The van der Waals surface area contributed by atoms with Gasteiger partial charge < -0.3 is 11.1 Å². The smallest absolute Gasteiger partial charge is 0.240 e. The summed E-state index contributed by atoms with van der Waals surface area (Å²) < 4.78 is 0. The van der Waals surface area contributed by atoms with Crippen LogP contribution in [-0.2, 0) is 11.3 Å². The van der Waals surface area contributed by atoms with Crippen molar-refractivity contribution in [3.05, 3.63) is 35.4 Å². The lowest BCUT2D eigenvalue weighted by Gasteiger charge is -2.25. The normalized spacial score (nSPS) is 11.3. The number of carbonyl (C=O) groups excluding carboxylic acids is 1. The van der Waals surface area contributed by atoms with E-state index in [-0.39, 0.29) is 5.91 Å². The average Bonchev–Trinajstić information content (AvgIpc) is 2.35. The van der Waals surface area contributed by atoms with Crippen molar-refractivity contribution in [1.29, 1.82) is 0 Å². The number of rotatable bonds is 5. The number of benzene rings is 1. The molecule has 0 bridgehead atoms. The summed E-state index contributed by atoms with van der Waals surface area (Å²) in [5.41, 5.74) is 7.59. The highest BCUT2D eigenvalue weighted by Crippen LogP contribution is 2.11. The molecular formula is C14H22N2O. The van der Waals surface area contributed by atoms with Crippen LogP contribution in [0.4, 0.5) is 0 Å². The summed E-state index contributed by atoms with van der Waals surface area (Å²) in [5, 5.41) is 2.90. The van der Waals surface area contributed by atoms with Gasteiger partial charge in [0.25, 0.3) is 0 Å². The lowest BCUT2D eigenvalue weighted by Crippen LogP contribution is -2.52. The Kier molecular flexibility index (Phi) is 4.70. The van der Waals surface area contributed by atoms with Crippen LogP contribution in [0, 0.1) is 6.92 Å². The summed E-state index contributed by atoms with van der Waals surface area (Å²) in [4.78, 5) is 11.9. The molecule has 94 valence electrons. The molecule has 0 aliphatic carbocycles. The number of amides is 1. The Hall–Kier alpha value is -1.35. The highest BCUT2D eigenvalue weighted by atomic mass is 16.2. The zero-order valence-electron chi connectivity index (χ0n) is 10.9. The quantitative estimate of drug-likeness (QED) is 0.820. The van der Waals surface area contributed by atoms with Crippen LogP contribution >= 0.6 is 0 Å². The van der Waals surface area contributed by atoms with Crippen LogP contribution in [-0.4, -0.2) is 11.4 Å². The van der Waals surface area contributed by atoms with E-state index in [9.17, 15) is 4.79 Å². The van der Waals surface area contributed by atoms with Crippen molar-refractivity contribution in [2.75, 3.05) is 0 Å². The van der Waals surface area contributed by atoms with E-state index in [1.54, 1.807) is 0 Å². The third-order valence-electron chi connectivity index (χ3n) is 3.25. The predicted molar refractivity (Wildman–Crippen MR) is 70.5 cm³/mol. The Morgan fingerprint density at radius 1 is 1.35 bits per heavy atom. The largest absolute Gasteiger partial charge is 0.350 e. The van der Waals surface area contributed by atoms with Crippen LogP contribution in [0.1, 0.15) is 37.8 Å². The molecule has 3 N–H and O–H groups in total. The average molecular weight is 234 g/mol. The van der Waals surface area contributed by atoms with Crippen molar-refractivity contribution in [2.24, 2.45) is 5.73 Å². The van der Waals surface area contributed by atoms with Gasteiger partial charge in [-0.25, -0.2) is 0 Å². The topological polar surface area (TPSA) is 55.1 Å². The summed E-state index contributed by atoms with van der Waals surface area (Å²) in [5.74, 6) is -0.0657. The molecule has 1 aromatic carbocycles. The van der Waals surface area contributed by atoms with Gasteiger partial charge in [-0.3, -0.25) is 4.79 Å². The highest BCUT2D eigenvalue weighted by molar-refractivity contribution is 5.85. The Bertz CT molecular complexity index is 384. The Morgan fingerprint density at radius 2 is 2.00 bits per heavy atom. The molecule has 17 heavy (non-hydrogen) atoms. The number of nitrogens with one attached hydrogen (secondary N) is 1. The van der Waals surface area contributed by atoms with E-state index >= 15 is 0 Å². The lowest BCUT2D eigenvalue weighted by atomic mass is 9.93. The van der Waals surface area contributed by atoms with E-state index in [4.69, 9.17) is 5.73 Å². The summed E-state index contributed by atoms with van der Waals surface area (Å²) in [7, 11) is 0. The highest BCUT2D eigenvalue weighted by Gasteiger charge is 2.29. The molecule has 0 aromatic heterocycles. The second kappa shape index (κ2) is 5.82. The molecule has 1 aromatic rings. The first-order valence-corrected chi connectivity index (χ1v) is 6.14. The number of hydrogen-bond donors (Lipinski definition) is 2. The summed E-state index contributed by atoms with van der Waals surface area (Å²) >= 11 is 0. The molecule has 0 fully saturated rings. The maximum Gasteiger partial charge on any atom is 0.240 e. The fourth-order valence-corrected chi connectivity index (χ4v) is 1.75. The van der Waals surface area contributed by atoms with Crippen molar-refractivity contribution < 1.29 is 4.79 Å². The molecule has 0 aliphatic heterocycles. The molecule has 3 nitrogen and oxygen atoms in total. The fraction of sp³-hybridized carbons (Fsp3) is 0.500. The molecule has 3 heteroatoms. The van der Waals surface area contributed by atoms with Gasteiger partial charge in [-0.05, 0) is 25.3 Å². The Balaban J connectivity index is 2.59. The molecule has 1 rings (SSSR count). The van der Waals surface area contributed by atoms with Crippen molar-refractivity contribution in [3.63, 3.8) is 0 Å². The summed E-state index contributed by atoms with van der Waals surface area (Å²) in [6.07, 6.45) is 1.31. The SMILES string of the molecule is CCC(N)(CC)C(=O)NCc1cccc(C)c1. The van der Waals surface area contributed by atoms with Crippen LogP contribution in [0.5, 0.6) is 0 Å². The van der Waals surface area contributed by atoms with Gasteiger partial charge in [0, 0.05) is 6.54 Å². The van der Waals surface area contributed by atoms with Gasteiger partial charge in [0.05, 0.1) is 5.54 Å². The van der Waals surface area contributed by atoms with E-state index in [1.165, 1.54) is 5.56 Å². The lowest BCUT2D eigenvalue weighted by molar-refractivity contribution is -0.126. The van der Waals surface area contributed by atoms with Gasteiger partial charge in [-0.15, -0.1) is 0 Å². The third-order valence-corrected chi connectivity index (χ3v) is 3.25. The maximum atomic E-state index is 11.9. The van der Waals surface area contributed by atoms with E-state index in [1.807, 2.05) is 39.0 Å². The maximum absolute atomic E-state index is 11.9. The number of carbonyl (C=O) groups is 1. The van der Waals surface area contributed by atoms with Crippen molar-refractivity contribution in [1.82, 2.24) is 5.32 Å². The molecule has 0 saturated heterocycles. The molecule has 0 atom stereocenters. The van der Waals surface area contributed by atoms with E-state index in [2.05, 4.69) is 11.4 Å². The summed E-state index contributed by atoms with van der Waals surface area (Å²) in [6, 6.07) is 8.10. The van der Waals surface area contributed by atoms with Crippen molar-refractivity contribution in [2.45, 2.75) is 45.7 Å². The third kappa shape index (κ3) is 3.56. The van der Waals surface area contributed by atoms with Crippen molar-refractivity contribution >= 4 is 5.91 Å². The monoisotopic (exact) mass is 234 g/mol. The van der Waals surface area contributed by atoms with Gasteiger partial charge in [-0.2, -0.15) is 0 Å². The minimum Gasteiger partial charge on any atom is -0.350 e. The van der Waals surface area contributed by atoms with Gasteiger partial charge in [0.2, 0.25) is 5.91 Å². The van der Waals surface area contributed by atoms with E-state index < -0.39 is 5.54 Å². The standard InChI is InChI=1S/C14H22N2O/c1-4-14(15,5-2)13(17)16-10-12-8-6-7-11(3)9-12/h6-9H,4-5,10,15H2,1-3H3,(H,16,17). The zero-order chi connectivity index (χ0) is 12.9. The number of hydrogen-bond acceptors (Lipinski definition) is 2. The van der Waals surface area contributed by atoms with Gasteiger partial charge in [0.1, 0.15) is 0 Å². The van der Waals surface area contributed by atoms with Gasteiger partial charge in [-0.1, -0.05) is 43.7 Å². The molecule has 0 aliphatic rings. The van der Waals surface area contributed by atoms with E-state index in [0.29, 0.717) is 19.4 Å². The molecule has 0 radical (unpaired) electrons. The molecular weight excluding hydrogens is 212 g/mol. The minimum atomic E-state index is -0.732. The first-order chi connectivity index (χ1) is 8.01. The Labute approximate surface area is 103 Å². The van der Waals surface area contributed by atoms with Crippen molar-refractivity contribution in [3.8, 4) is 0 Å². The molecule has 0 heterocycles. The van der Waals surface area contributed by atoms with Crippen LogP contribution in [0.25, 0.3) is 0 Å².